The van der Waals surface area contributed by atoms with Gasteiger partial charge < -0.3 is 5.11 Å². The van der Waals surface area contributed by atoms with Gasteiger partial charge in [0.15, 0.2) is 0 Å². The van der Waals surface area contributed by atoms with Gasteiger partial charge in [-0.25, -0.2) is 4.79 Å². The van der Waals surface area contributed by atoms with Crippen LogP contribution in [0.15, 0.2) is 23.1 Å². The zero-order chi connectivity index (χ0) is 10.7. The SMILES string of the molecule is O=C(O)c1cc([N+](=O)[O-])ccc1SS. The Morgan fingerprint density at radius 3 is 2.64 bits per heavy atom. The van der Waals surface area contributed by atoms with Crippen molar-refractivity contribution in [2.75, 3.05) is 0 Å². The van der Waals surface area contributed by atoms with E-state index in [0.29, 0.717) is 4.90 Å². The molecule has 14 heavy (non-hydrogen) atoms. The molecular formula is C7H5NO4S2. The number of hydrogen-bond donors (Lipinski definition) is 2. The van der Waals surface area contributed by atoms with Crippen LogP contribution in [-0.2, 0) is 0 Å². The number of non-ortho nitro benzene ring substituents is 1. The van der Waals surface area contributed by atoms with Crippen LogP contribution >= 0.6 is 22.5 Å². The van der Waals surface area contributed by atoms with Crippen molar-refractivity contribution in [2.24, 2.45) is 0 Å². The zero-order valence-electron chi connectivity index (χ0n) is 6.71. The Morgan fingerprint density at radius 1 is 1.57 bits per heavy atom. The third-order valence-corrected chi connectivity index (χ3v) is 2.65. The Hall–Kier alpha value is -1.21. The first-order valence-corrected chi connectivity index (χ1v) is 5.26. The quantitative estimate of drug-likeness (QED) is 0.361. The standard InChI is InChI=1S/C7H5NO4S2/c9-7(10)5-3-4(8(11)12)1-2-6(5)14-13/h1-3,13H,(H,9,10). The number of nitro groups is 1. The van der Waals surface area contributed by atoms with Crippen molar-refractivity contribution in [3.05, 3.63) is 33.9 Å². The fourth-order valence-electron chi connectivity index (χ4n) is 0.878. The van der Waals surface area contributed by atoms with Crippen molar-refractivity contribution in [2.45, 2.75) is 4.90 Å². The number of rotatable bonds is 3. The minimum atomic E-state index is -1.20. The van der Waals surface area contributed by atoms with Crippen LogP contribution in [0.4, 0.5) is 5.69 Å². The van der Waals surface area contributed by atoms with Crippen molar-refractivity contribution in [3.8, 4) is 0 Å². The van der Waals surface area contributed by atoms with Gasteiger partial charge in [-0.1, -0.05) is 10.8 Å². The van der Waals surface area contributed by atoms with E-state index in [2.05, 4.69) is 11.7 Å². The number of nitrogens with zero attached hydrogens (tertiary/aromatic N) is 1. The van der Waals surface area contributed by atoms with E-state index in [4.69, 9.17) is 5.11 Å². The van der Waals surface area contributed by atoms with Gasteiger partial charge in [-0.05, 0) is 6.07 Å². The fourth-order valence-corrected chi connectivity index (χ4v) is 1.73. The van der Waals surface area contributed by atoms with Crippen molar-refractivity contribution in [3.63, 3.8) is 0 Å². The van der Waals surface area contributed by atoms with Crippen LogP contribution in [0.5, 0.6) is 0 Å². The Morgan fingerprint density at radius 2 is 2.21 bits per heavy atom. The minimum Gasteiger partial charge on any atom is -0.478 e. The summed E-state index contributed by atoms with van der Waals surface area (Å²) in [4.78, 5) is 20.8. The van der Waals surface area contributed by atoms with Gasteiger partial charge in [-0.3, -0.25) is 10.1 Å². The molecule has 0 aliphatic rings. The highest BCUT2D eigenvalue weighted by Crippen LogP contribution is 2.28. The van der Waals surface area contributed by atoms with Gasteiger partial charge in [0.05, 0.1) is 10.5 Å². The topological polar surface area (TPSA) is 80.4 Å². The molecule has 5 nitrogen and oxygen atoms in total. The van der Waals surface area contributed by atoms with Gasteiger partial charge in [0.1, 0.15) is 0 Å². The lowest BCUT2D eigenvalue weighted by Gasteiger charge is -2.00. The minimum absolute atomic E-state index is 0.112. The van der Waals surface area contributed by atoms with Crippen LogP contribution in [0.25, 0.3) is 0 Å². The molecule has 7 heteroatoms. The van der Waals surface area contributed by atoms with Crippen LogP contribution in [0, 0.1) is 10.1 Å². The molecule has 0 radical (unpaired) electrons. The molecule has 1 N–H and O–H groups in total. The van der Waals surface area contributed by atoms with E-state index >= 15 is 0 Å². The molecule has 0 heterocycles. The molecule has 0 aliphatic carbocycles. The number of carboxylic acid groups (broad SMARTS) is 1. The second kappa shape index (κ2) is 4.34. The fraction of sp³-hybridized carbons (Fsp3) is 0. The van der Waals surface area contributed by atoms with Crippen molar-refractivity contribution in [1.82, 2.24) is 0 Å². The predicted molar refractivity (Wildman–Crippen MR) is 54.9 cm³/mol. The first-order valence-electron chi connectivity index (χ1n) is 3.39. The van der Waals surface area contributed by atoms with Gasteiger partial charge in [-0.15, -0.1) is 11.7 Å². The molecule has 0 bridgehead atoms. The number of benzene rings is 1. The van der Waals surface area contributed by atoms with E-state index in [1.165, 1.54) is 12.1 Å². The van der Waals surface area contributed by atoms with Gasteiger partial charge in [-0.2, -0.15) is 0 Å². The van der Waals surface area contributed by atoms with Crippen molar-refractivity contribution >= 4 is 34.1 Å². The number of thiol groups is 1. The first kappa shape index (κ1) is 10.9. The molecular weight excluding hydrogens is 226 g/mol. The predicted octanol–water partition coefficient (Wildman–Crippen LogP) is 2.23. The first-order chi connectivity index (χ1) is 6.56. The number of carbonyl (C=O) groups is 1. The third kappa shape index (κ3) is 2.18. The summed E-state index contributed by atoms with van der Waals surface area (Å²) in [5.74, 6) is -1.20. The average Bonchev–Trinajstić information content (AvgIpc) is 2.16. The maximum atomic E-state index is 10.7. The Balaban J connectivity index is 3.27. The highest BCUT2D eigenvalue weighted by atomic mass is 33.1. The van der Waals surface area contributed by atoms with Gasteiger partial charge in [0.2, 0.25) is 0 Å². The van der Waals surface area contributed by atoms with Crippen molar-refractivity contribution in [1.29, 1.82) is 0 Å². The second-order valence-electron chi connectivity index (χ2n) is 2.33. The molecule has 0 spiro atoms. The molecule has 0 unspecified atom stereocenters. The summed E-state index contributed by atoms with van der Waals surface area (Å²) in [6.07, 6.45) is 0. The molecule has 0 aromatic heterocycles. The summed E-state index contributed by atoms with van der Waals surface area (Å²) < 4.78 is 0. The van der Waals surface area contributed by atoms with E-state index < -0.39 is 10.9 Å². The Kier molecular flexibility index (Phi) is 3.37. The monoisotopic (exact) mass is 231 g/mol. The maximum absolute atomic E-state index is 10.7. The summed E-state index contributed by atoms with van der Waals surface area (Å²) in [6, 6.07) is 3.62. The smallest absolute Gasteiger partial charge is 0.337 e. The molecule has 1 aromatic carbocycles. The van der Waals surface area contributed by atoms with Crippen molar-refractivity contribution < 1.29 is 14.8 Å². The van der Waals surface area contributed by atoms with E-state index in [9.17, 15) is 14.9 Å². The molecule has 0 saturated carbocycles. The largest absolute Gasteiger partial charge is 0.478 e. The molecule has 0 aliphatic heterocycles. The number of carboxylic acids is 1. The van der Waals surface area contributed by atoms with E-state index in [0.717, 1.165) is 16.9 Å². The number of aromatic carboxylic acids is 1. The number of hydrogen-bond acceptors (Lipinski definition) is 5. The molecule has 74 valence electrons. The highest BCUT2D eigenvalue weighted by molar-refractivity contribution is 8.68. The molecule has 1 rings (SSSR count). The molecule has 0 saturated heterocycles. The molecule has 0 amide bonds. The van der Waals surface area contributed by atoms with Crippen LogP contribution in [0.2, 0.25) is 0 Å². The lowest BCUT2D eigenvalue weighted by molar-refractivity contribution is -0.384. The maximum Gasteiger partial charge on any atom is 0.337 e. The lowest BCUT2D eigenvalue weighted by atomic mass is 10.2. The second-order valence-corrected chi connectivity index (χ2v) is 3.50. The highest BCUT2D eigenvalue weighted by Gasteiger charge is 2.15. The van der Waals surface area contributed by atoms with Gasteiger partial charge in [0, 0.05) is 17.0 Å². The Labute approximate surface area is 88.1 Å². The van der Waals surface area contributed by atoms with Gasteiger partial charge in [0.25, 0.3) is 5.69 Å². The van der Waals surface area contributed by atoms with E-state index in [-0.39, 0.29) is 11.3 Å². The summed E-state index contributed by atoms with van der Waals surface area (Å²) >= 11 is 3.84. The Bertz CT molecular complexity index is 393. The molecule has 0 fully saturated rings. The summed E-state index contributed by atoms with van der Waals surface area (Å²) in [6.45, 7) is 0. The summed E-state index contributed by atoms with van der Waals surface area (Å²) in [7, 11) is 0.935. The normalized spacial score (nSPS) is 9.79. The number of nitro benzene ring substituents is 1. The van der Waals surface area contributed by atoms with E-state index in [1.54, 1.807) is 0 Å². The summed E-state index contributed by atoms with van der Waals surface area (Å²) in [5.41, 5.74) is -0.354. The van der Waals surface area contributed by atoms with E-state index in [1.807, 2.05) is 0 Å². The van der Waals surface area contributed by atoms with Crippen LogP contribution in [-0.4, -0.2) is 16.0 Å². The van der Waals surface area contributed by atoms with Crippen LogP contribution in [0.3, 0.4) is 0 Å². The molecule has 1 aromatic rings. The zero-order valence-corrected chi connectivity index (χ0v) is 8.42. The molecule has 0 atom stereocenters. The third-order valence-electron chi connectivity index (χ3n) is 1.50. The average molecular weight is 231 g/mol. The van der Waals surface area contributed by atoms with Gasteiger partial charge >= 0.3 is 5.97 Å². The van der Waals surface area contributed by atoms with Crippen LogP contribution in [0.1, 0.15) is 10.4 Å². The van der Waals surface area contributed by atoms with Crippen LogP contribution < -0.4 is 0 Å². The summed E-state index contributed by atoms with van der Waals surface area (Å²) in [5, 5.41) is 19.1. The lowest BCUT2D eigenvalue weighted by Crippen LogP contribution is -1.99.